The number of hydrogen-bond acceptors (Lipinski definition) is 1. The van der Waals surface area contributed by atoms with Gasteiger partial charge in [0.05, 0.1) is 0 Å². The molecule has 0 aliphatic rings. The SMILES string of the molecule is ClCc1ccc(COc2ccccc2)cc1Cl. The quantitative estimate of drug-likeness (QED) is 0.732. The molecule has 2 aromatic rings. The van der Waals surface area contributed by atoms with E-state index in [1.165, 1.54) is 0 Å². The summed E-state index contributed by atoms with van der Waals surface area (Å²) in [5, 5.41) is 0.689. The number of halogens is 2. The van der Waals surface area contributed by atoms with E-state index >= 15 is 0 Å². The van der Waals surface area contributed by atoms with Crippen molar-refractivity contribution in [3.8, 4) is 5.75 Å². The molecule has 0 spiro atoms. The normalized spacial score (nSPS) is 10.2. The minimum atomic E-state index is 0.429. The minimum absolute atomic E-state index is 0.429. The number of hydrogen-bond donors (Lipinski definition) is 0. The third kappa shape index (κ3) is 3.39. The zero-order valence-electron chi connectivity index (χ0n) is 9.20. The fraction of sp³-hybridized carbons (Fsp3) is 0.143. The van der Waals surface area contributed by atoms with Gasteiger partial charge in [-0.1, -0.05) is 41.9 Å². The van der Waals surface area contributed by atoms with Crippen molar-refractivity contribution in [1.82, 2.24) is 0 Å². The van der Waals surface area contributed by atoms with Crippen LogP contribution in [0.4, 0.5) is 0 Å². The van der Waals surface area contributed by atoms with Crippen molar-refractivity contribution in [3.05, 3.63) is 64.7 Å². The Balaban J connectivity index is 2.02. The summed E-state index contributed by atoms with van der Waals surface area (Å²) in [6.45, 7) is 0.506. The van der Waals surface area contributed by atoms with Crippen molar-refractivity contribution in [2.24, 2.45) is 0 Å². The lowest BCUT2D eigenvalue weighted by Gasteiger charge is -2.07. The van der Waals surface area contributed by atoms with Crippen LogP contribution in [0.15, 0.2) is 48.5 Å². The first-order valence-electron chi connectivity index (χ1n) is 5.30. The number of benzene rings is 2. The predicted octanol–water partition coefficient (Wildman–Crippen LogP) is 4.66. The molecule has 0 N–H and O–H groups in total. The Morgan fingerprint density at radius 1 is 1.00 bits per heavy atom. The molecule has 3 heteroatoms. The van der Waals surface area contributed by atoms with E-state index in [-0.39, 0.29) is 0 Å². The van der Waals surface area contributed by atoms with Crippen molar-refractivity contribution in [1.29, 1.82) is 0 Å². The predicted molar refractivity (Wildman–Crippen MR) is 71.8 cm³/mol. The first-order valence-corrected chi connectivity index (χ1v) is 6.22. The van der Waals surface area contributed by atoms with Crippen molar-refractivity contribution in [3.63, 3.8) is 0 Å². The fourth-order valence-corrected chi connectivity index (χ4v) is 2.04. The van der Waals surface area contributed by atoms with Crippen molar-refractivity contribution in [2.75, 3.05) is 0 Å². The van der Waals surface area contributed by atoms with Crippen LogP contribution >= 0.6 is 23.2 Å². The second-order valence-electron chi connectivity index (χ2n) is 3.66. The molecule has 88 valence electrons. The average Bonchev–Trinajstić information content (AvgIpc) is 2.38. The van der Waals surface area contributed by atoms with Gasteiger partial charge in [0.1, 0.15) is 12.4 Å². The summed E-state index contributed by atoms with van der Waals surface area (Å²) in [5.41, 5.74) is 1.98. The molecule has 0 radical (unpaired) electrons. The first kappa shape index (κ1) is 12.3. The molecule has 2 aromatic carbocycles. The number of rotatable bonds is 4. The molecule has 0 heterocycles. The van der Waals surface area contributed by atoms with Gasteiger partial charge in [-0.05, 0) is 29.3 Å². The van der Waals surface area contributed by atoms with Gasteiger partial charge in [0.15, 0.2) is 0 Å². The molecular formula is C14H12Cl2O. The summed E-state index contributed by atoms with van der Waals surface area (Å²) in [6.07, 6.45) is 0. The molecule has 0 fully saturated rings. The van der Waals surface area contributed by atoms with Crippen LogP contribution in [-0.2, 0) is 12.5 Å². The molecule has 0 amide bonds. The van der Waals surface area contributed by atoms with Gasteiger partial charge in [-0.15, -0.1) is 11.6 Å². The molecule has 2 rings (SSSR count). The summed E-state index contributed by atoms with van der Waals surface area (Å²) < 4.78 is 5.63. The maximum atomic E-state index is 6.07. The molecule has 0 aliphatic heterocycles. The van der Waals surface area contributed by atoms with E-state index in [1.807, 2.05) is 48.5 Å². The summed E-state index contributed by atoms with van der Waals surface area (Å²) >= 11 is 11.8. The van der Waals surface area contributed by atoms with Crippen LogP contribution in [0.3, 0.4) is 0 Å². The van der Waals surface area contributed by atoms with Crippen LogP contribution in [0.25, 0.3) is 0 Å². The number of para-hydroxylation sites is 1. The Morgan fingerprint density at radius 3 is 2.41 bits per heavy atom. The van der Waals surface area contributed by atoms with Crippen LogP contribution in [0.1, 0.15) is 11.1 Å². The van der Waals surface area contributed by atoms with Crippen LogP contribution in [0.2, 0.25) is 5.02 Å². The van der Waals surface area contributed by atoms with Crippen LogP contribution in [-0.4, -0.2) is 0 Å². The lowest BCUT2D eigenvalue weighted by molar-refractivity contribution is 0.306. The Bertz CT molecular complexity index is 483. The van der Waals surface area contributed by atoms with E-state index in [4.69, 9.17) is 27.9 Å². The lowest BCUT2D eigenvalue weighted by atomic mass is 10.1. The minimum Gasteiger partial charge on any atom is -0.489 e. The molecule has 1 nitrogen and oxygen atoms in total. The second kappa shape index (κ2) is 5.95. The van der Waals surface area contributed by atoms with Crippen molar-refractivity contribution >= 4 is 23.2 Å². The van der Waals surface area contributed by atoms with E-state index in [0.717, 1.165) is 16.9 Å². The highest BCUT2D eigenvalue weighted by molar-refractivity contribution is 6.32. The molecule has 0 saturated carbocycles. The maximum absolute atomic E-state index is 6.07. The van der Waals surface area contributed by atoms with Gasteiger partial charge in [0.2, 0.25) is 0 Å². The highest BCUT2D eigenvalue weighted by Crippen LogP contribution is 2.20. The van der Waals surface area contributed by atoms with E-state index in [2.05, 4.69) is 0 Å². The first-order chi connectivity index (χ1) is 8.29. The summed E-state index contributed by atoms with van der Waals surface area (Å²) in [7, 11) is 0. The topological polar surface area (TPSA) is 9.23 Å². The molecule has 0 aromatic heterocycles. The van der Waals surface area contributed by atoms with E-state index in [0.29, 0.717) is 17.5 Å². The van der Waals surface area contributed by atoms with Crippen molar-refractivity contribution < 1.29 is 4.74 Å². The lowest BCUT2D eigenvalue weighted by Crippen LogP contribution is -1.95. The molecule has 0 atom stereocenters. The fourth-order valence-electron chi connectivity index (χ4n) is 1.47. The molecule has 0 bridgehead atoms. The third-order valence-electron chi connectivity index (χ3n) is 2.41. The van der Waals surface area contributed by atoms with Gasteiger partial charge in [0, 0.05) is 10.9 Å². The Kier molecular flexibility index (Phi) is 4.29. The average molecular weight is 267 g/mol. The van der Waals surface area contributed by atoms with E-state index in [1.54, 1.807) is 0 Å². The van der Waals surface area contributed by atoms with Gasteiger partial charge < -0.3 is 4.74 Å². The largest absolute Gasteiger partial charge is 0.489 e. The van der Waals surface area contributed by atoms with Gasteiger partial charge in [-0.2, -0.15) is 0 Å². The standard InChI is InChI=1S/C14H12Cl2O/c15-9-12-7-6-11(8-14(12)16)10-17-13-4-2-1-3-5-13/h1-8H,9-10H2. The van der Waals surface area contributed by atoms with Crippen LogP contribution in [0, 0.1) is 0 Å². The summed E-state index contributed by atoms with van der Waals surface area (Å²) in [6, 6.07) is 15.5. The molecule has 17 heavy (non-hydrogen) atoms. The Morgan fingerprint density at radius 2 is 1.76 bits per heavy atom. The van der Waals surface area contributed by atoms with Crippen LogP contribution < -0.4 is 4.74 Å². The third-order valence-corrected chi connectivity index (χ3v) is 3.05. The van der Waals surface area contributed by atoms with Crippen molar-refractivity contribution in [2.45, 2.75) is 12.5 Å². The van der Waals surface area contributed by atoms with Gasteiger partial charge in [0.25, 0.3) is 0 Å². The number of ether oxygens (including phenoxy) is 1. The summed E-state index contributed by atoms with van der Waals surface area (Å²) in [4.78, 5) is 0. The van der Waals surface area contributed by atoms with Gasteiger partial charge in [-0.25, -0.2) is 0 Å². The second-order valence-corrected chi connectivity index (χ2v) is 4.34. The van der Waals surface area contributed by atoms with E-state index in [9.17, 15) is 0 Å². The summed E-state index contributed by atoms with van der Waals surface area (Å²) in [5.74, 6) is 1.28. The zero-order valence-corrected chi connectivity index (χ0v) is 10.7. The van der Waals surface area contributed by atoms with Gasteiger partial charge in [-0.3, -0.25) is 0 Å². The van der Waals surface area contributed by atoms with Gasteiger partial charge >= 0.3 is 0 Å². The molecule has 0 saturated heterocycles. The maximum Gasteiger partial charge on any atom is 0.119 e. The highest BCUT2D eigenvalue weighted by atomic mass is 35.5. The zero-order chi connectivity index (χ0) is 12.1. The molecular weight excluding hydrogens is 255 g/mol. The smallest absolute Gasteiger partial charge is 0.119 e. The highest BCUT2D eigenvalue weighted by Gasteiger charge is 2.01. The Labute approximate surface area is 111 Å². The van der Waals surface area contributed by atoms with Crippen LogP contribution in [0.5, 0.6) is 5.75 Å². The molecule has 0 unspecified atom stereocenters. The number of alkyl halides is 1. The molecule has 0 aliphatic carbocycles. The van der Waals surface area contributed by atoms with E-state index < -0.39 is 0 Å². The monoisotopic (exact) mass is 266 g/mol. The Hall–Kier alpha value is -1.18.